The van der Waals surface area contributed by atoms with Crippen molar-refractivity contribution in [2.24, 2.45) is 0 Å². The first-order chi connectivity index (χ1) is 11.2. The predicted molar refractivity (Wildman–Crippen MR) is 83.4 cm³/mol. The highest BCUT2D eigenvalue weighted by Crippen LogP contribution is 2.28. The topological polar surface area (TPSA) is 81.8 Å². The molecule has 3 rings (SSSR count). The molecule has 2 aromatic heterocycles. The molecule has 0 amide bonds. The third-order valence-electron chi connectivity index (χ3n) is 3.32. The number of fused-ring (bicyclic) bond motifs is 1. The molecule has 2 heterocycles. The minimum atomic E-state index is -0.612. The zero-order chi connectivity index (χ0) is 16.2. The SMILES string of the molecule is COc1cc(O)c2c(=O)oc(COCc3ccccn3)cc2c1. The third kappa shape index (κ3) is 3.32. The number of aromatic hydroxyl groups is 1. The molecule has 0 spiro atoms. The Bertz CT molecular complexity index is 873. The molecule has 0 aliphatic carbocycles. The van der Waals surface area contributed by atoms with Gasteiger partial charge in [-0.3, -0.25) is 4.98 Å². The number of hydrogen-bond acceptors (Lipinski definition) is 6. The molecule has 0 bridgehead atoms. The van der Waals surface area contributed by atoms with Crippen LogP contribution in [0.3, 0.4) is 0 Å². The van der Waals surface area contributed by atoms with Gasteiger partial charge in [0.1, 0.15) is 29.3 Å². The predicted octanol–water partition coefficient (Wildman–Crippen LogP) is 2.62. The van der Waals surface area contributed by atoms with E-state index in [2.05, 4.69) is 4.98 Å². The molecule has 0 saturated heterocycles. The van der Waals surface area contributed by atoms with Gasteiger partial charge in [0, 0.05) is 12.3 Å². The summed E-state index contributed by atoms with van der Waals surface area (Å²) in [6.45, 7) is 0.436. The first kappa shape index (κ1) is 15.1. The summed E-state index contributed by atoms with van der Waals surface area (Å²) in [5.41, 5.74) is 0.175. The van der Waals surface area contributed by atoms with Crippen LogP contribution in [-0.2, 0) is 18.0 Å². The van der Waals surface area contributed by atoms with Gasteiger partial charge < -0.3 is 19.0 Å². The van der Waals surface area contributed by atoms with Crippen LogP contribution in [0.2, 0.25) is 0 Å². The molecule has 0 unspecified atom stereocenters. The van der Waals surface area contributed by atoms with E-state index in [1.807, 2.05) is 18.2 Å². The number of benzene rings is 1. The lowest BCUT2D eigenvalue weighted by atomic mass is 10.1. The molecule has 6 nitrogen and oxygen atoms in total. The molecule has 0 saturated carbocycles. The fourth-order valence-electron chi connectivity index (χ4n) is 2.26. The number of hydrogen-bond donors (Lipinski definition) is 1. The van der Waals surface area contributed by atoms with Gasteiger partial charge in [0.15, 0.2) is 0 Å². The van der Waals surface area contributed by atoms with Crippen LogP contribution >= 0.6 is 0 Å². The first-order valence-electron chi connectivity index (χ1n) is 6.99. The maximum absolute atomic E-state index is 12.0. The summed E-state index contributed by atoms with van der Waals surface area (Å²) in [6, 6.07) is 10.2. The second-order valence-electron chi connectivity index (χ2n) is 4.92. The number of phenols is 1. The van der Waals surface area contributed by atoms with Gasteiger partial charge in [0.25, 0.3) is 0 Å². The van der Waals surface area contributed by atoms with Crippen LogP contribution in [0.5, 0.6) is 11.5 Å². The Labute approximate surface area is 131 Å². The summed E-state index contributed by atoms with van der Waals surface area (Å²) in [5, 5.41) is 10.6. The van der Waals surface area contributed by atoms with Crippen molar-refractivity contribution in [3.63, 3.8) is 0 Å². The summed E-state index contributed by atoms with van der Waals surface area (Å²) >= 11 is 0. The van der Waals surface area contributed by atoms with Gasteiger partial charge in [0.2, 0.25) is 0 Å². The lowest BCUT2D eigenvalue weighted by Crippen LogP contribution is -2.04. The van der Waals surface area contributed by atoms with Crippen LogP contribution in [0.15, 0.2) is 51.8 Å². The Morgan fingerprint density at radius 3 is 2.83 bits per heavy atom. The van der Waals surface area contributed by atoms with Gasteiger partial charge in [-0.2, -0.15) is 0 Å². The van der Waals surface area contributed by atoms with Crippen LogP contribution in [0.4, 0.5) is 0 Å². The molecule has 0 aliphatic heterocycles. The van der Waals surface area contributed by atoms with E-state index in [0.717, 1.165) is 5.69 Å². The fourth-order valence-corrected chi connectivity index (χ4v) is 2.26. The van der Waals surface area contributed by atoms with E-state index < -0.39 is 5.63 Å². The van der Waals surface area contributed by atoms with Gasteiger partial charge in [-0.25, -0.2) is 4.79 Å². The summed E-state index contributed by atoms with van der Waals surface area (Å²) < 4.78 is 15.8. The average molecular weight is 313 g/mol. The van der Waals surface area contributed by atoms with Gasteiger partial charge in [-0.1, -0.05) is 6.07 Å². The number of ether oxygens (including phenoxy) is 2. The van der Waals surface area contributed by atoms with Crippen molar-refractivity contribution >= 4 is 10.8 Å². The Morgan fingerprint density at radius 1 is 1.22 bits per heavy atom. The lowest BCUT2D eigenvalue weighted by molar-refractivity contribution is 0.0887. The standard InChI is InChI=1S/C17H15NO5/c1-21-13-6-11-7-14(23-17(20)16(11)15(19)8-13)10-22-9-12-4-2-3-5-18-12/h2-8,19H,9-10H2,1H3. The molecular formula is C17H15NO5. The van der Waals surface area contributed by atoms with E-state index in [0.29, 0.717) is 23.5 Å². The highest BCUT2D eigenvalue weighted by molar-refractivity contribution is 5.88. The lowest BCUT2D eigenvalue weighted by Gasteiger charge is -2.07. The first-order valence-corrected chi connectivity index (χ1v) is 6.99. The molecule has 6 heteroatoms. The fraction of sp³-hybridized carbons (Fsp3) is 0.176. The Morgan fingerprint density at radius 2 is 2.09 bits per heavy atom. The van der Waals surface area contributed by atoms with E-state index in [-0.39, 0.29) is 17.7 Å². The van der Waals surface area contributed by atoms with Gasteiger partial charge in [0.05, 0.1) is 19.4 Å². The molecule has 0 atom stereocenters. The molecule has 0 aliphatic rings. The highest BCUT2D eigenvalue weighted by Gasteiger charge is 2.11. The van der Waals surface area contributed by atoms with Gasteiger partial charge in [-0.15, -0.1) is 0 Å². The van der Waals surface area contributed by atoms with Crippen molar-refractivity contribution in [2.45, 2.75) is 13.2 Å². The van der Waals surface area contributed by atoms with Crippen LogP contribution < -0.4 is 10.4 Å². The number of rotatable bonds is 5. The summed E-state index contributed by atoms with van der Waals surface area (Å²) in [5.74, 6) is 0.654. The number of pyridine rings is 1. The van der Waals surface area contributed by atoms with Gasteiger partial charge >= 0.3 is 5.63 Å². The van der Waals surface area contributed by atoms with Crippen molar-refractivity contribution in [1.29, 1.82) is 0 Å². The normalized spacial score (nSPS) is 10.8. The second-order valence-corrected chi connectivity index (χ2v) is 4.92. The smallest absolute Gasteiger partial charge is 0.347 e. The van der Waals surface area contributed by atoms with Crippen molar-refractivity contribution in [3.05, 3.63) is 64.5 Å². The molecule has 3 aromatic rings. The van der Waals surface area contributed by atoms with Crippen LogP contribution in [0.25, 0.3) is 10.8 Å². The highest BCUT2D eigenvalue weighted by atomic mass is 16.5. The quantitative estimate of drug-likeness (QED) is 0.780. The molecule has 118 valence electrons. The van der Waals surface area contributed by atoms with Crippen LogP contribution in [-0.4, -0.2) is 17.2 Å². The monoisotopic (exact) mass is 313 g/mol. The minimum Gasteiger partial charge on any atom is -0.507 e. The molecule has 1 aromatic carbocycles. The zero-order valence-corrected chi connectivity index (χ0v) is 12.5. The number of nitrogens with zero attached hydrogens (tertiary/aromatic N) is 1. The molecule has 23 heavy (non-hydrogen) atoms. The zero-order valence-electron chi connectivity index (χ0n) is 12.5. The Kier molecular flexibility index (Phi) is 4.25. The van der Waals surface area contributed by atoms with E-state index in [1.165, 1.54) is 13.2 Å². The largest absolute Gasteiger partial charge is 0.507 e. The Hall–Kier alpha value is -2.86. The van der Waals surface area contributed by atoms with Crippen molar-refractivity contribution in [2.75, 3.05) is 7.11 Å². The van der Waals surface area contributed by atoms with Crippen molar-refractivity contribution < 1.29 is 19.0 Å². The van der Waals surface area contributed by atoms with Gasteiger partial charge in [-0.05, 0) is 29.7 Å². The molecule has 1 N–H and O–H groups in total. The van der Waals surface area contributed by atoms with Crippen LogP contribution in [0, 0.1) is 0 Å². The summed E-state index contributed by atoms with van der Waals surface area (Å²) in [7, 11) is 1.49. The third-order valence-corrected chi connectivity index (χ3v) is 3.32. The average Bonchev–Trinajstić information content (AvgIpc) is 2.55. The second kappa shape index (κ2) is 6.50. The number of phenolic OH excluding ortho intramolecular Hbond substituents is 1. The number of methoxy groups -OCH3 is 1. The number of aromatic nitrogens is 1. The van der Waals surface area contributed by atoms with Crippen LogP contribution in [0.1, 0.15) is 11.5 Å². The maximum atomic E-state index is 12.0. The maximum Gasteiger partial charge on any atom is 0.347 e. The van der Waals surface area contributed by atoms with E-state index >= 15 is 0 Å². The summed E-state index contributed by atoms with van der Waals surface area (Å²) in [6.07, 6.45) is 1.68. The molecular weight excluding hydrogens is 298 g/mol. The minimum absolute atomic E-state index is 0.124. The van der Waals surface area contributed by atoms with Crippen molar-refractivity contribution in [1.82, 2.24) is 4.98 Å². The molecule has 0 fully saturated rings. The van der Waals surface area contributed by atoms with Crippen molar-refractivity contribution in [3.8, 4) is 11.5 Å². The van der Waals surface area contributed by atoms with E-state index in [1.54, 1.807) is 18.3 Å². The summed E-state index contributed by atoms with van der Waals surface area (Å²) in [4.78, 5) is 16.2. The van der Waals surface area contributed by atoms with E-state index in [4.69, 9.17) is 13.9 Å². The van der Waals surface area contributed by atoms with E-state index in [9.17, 15) is 9.90 Å². The Balaban J connectivity index is 1.83. The molecule has 0 radical (unpaired) electrons.